The van der Waals surface area contributed by atoms with Crippen LogP contribution < -0.4 is 9.47 Å². The summed E-state index contributed by atoms with van der Waals surface area (Å²) < 4.78 is 23.2. The molecule has 0 N–H and O–H groups in total. The second-order valence-electron chi connectivity index (χ2n) is 4.58. The van der Waals surface area contributed by atoms with E-state index in [9.17, 15) is 14.0 Å². The Bertz CT molecular complexity index is 780. The van der Waals surface area contributed by atoms with E-state index in [1.165, 1.54) is 30.3 Å². The Balaban J connectivity index is 1.88. The third-order valence-corrected chi connectivity index (χ3v) is 3.81. The van der Waals surface area contributed by atoms with Crippen molar-refractivity contribution in [1.82, 2.24) is 0 Å². The Morgan fingerprint density at radius 1 is 0.833 bits per heavy atom. The molecule has 0 saturated carbocycles. The van der Waals surface area contributed by atoms with Gasteiger partial charge in [0.25, 0.3) is 0 Å². The Hall–Kier alpha value is -1.82. The fraction of sp³-hybridized carbons (Fsp3) is 0.125. The van der Waals surface area contributed by atoms with Gasteiger partial charge in [-0.2, -0.15) is 0 Å². The van der Waals surface area contributed by atoms with E-state index in [1.807, 2.05) is 0 Å². The molecule has 0 heterocycles. The highest BCUT2D eigenvalue weighted by molar-refractivity contribution is 6.43. The van der Waals surface area contributed by atoms with Crippen LogP contribution in [-0.2, 0) is 9.59 Å². The van der Waals surface area contributed by atoms with Gasteiger partial charge >= 0.3 is 11.9 Å². The van der Waals surface area contributed by atoms with Crippen LogP contribution in [0.15, 0.2) is 36.4 Å². The summed E-state index contributed by atoms with van der Waals surface area (Å²) in [5.41, 5.74) is 0. The smallest absolute Gasteiger partial charge is 0.311 e. The first-order valence-corrected chi connectivity index (χ1v) is 7.80. The largest absolute Gasteiger partial charge is 0.425 e. The molecule has 0 fully saturated rings. The van der Waals surface area contributed by atoms with Gasteiger partial charge in [-0.25, -0.2) is 4.39 Å². The highest BCUT2D eigenvalue weighted by atomic mass is 35.5. The van der Waals surface area contributed by atoms with Gasteiger partial charge in [0.1, 0.15) is 0 Å². The van der Waals surface area contributed by atoms with Gasteiger partial charge in [0.15, 0.2) is 17.3 Å². The minimum atomic E-state index is -0.766. The Labute approximate surface area is 152 Å². The van der Waals surface area contributed by atoms with E-state index in [-0.39, 0.29) is 39.4 Å². The summed E-state index contributed by atoms with van der Waals surface area (Å²) in [5.74, 6) is -2.34. The monoisotopic (exact) mass is 390 g/mol. The van der Waals surface area contributed by atoms with Crippen LogP contribution in [0.3, 0.4) is 0 Å². The molecule has 0 unspecified atom stereocenters. The van der Waals surface area contributed by atoms with E-state index in [2.05, 4.69) is 0 Å². The minimum Gasteiger partial charge on any atom is -0.425 e. The number of carbonyl (C=O) groups is 2. The number of ether oxygens (including phenoxy) is 2. The van der Waals surface area contributed by atoms with Gasteiger partial charge in [-0.15, -0.1) is 0 Å². The predicted molar refractivity (Wildman–Crippen MR) is 88.4 cm³/mol. The third-order valence-electron chi connectivity index (χ3n) is 2.79. The zero-order valence-electron chi connectivity index (χ0n) is 12.0. The highest BCUT2D eigenvalue weighted by Crippen LogP contribution is 2.34. The highest BCUT2D eigenvalue weighted by Gasteiger charge is 2.15. The first-order valence-electron chi connectivity index (χ1n) is 6.67. The maximum absolute atomic E-state index is 13.3. The molecule has 2 aromatic rings. The van der Waals surface area contributed by atoms with Gasteiger partial charge in [-0.05, 0) is 18.2 Å². The summed E-state index contributed by atoms with van der Waals surface area (Å²) in [6.07, 6.45) is -0.560. The summed E-state index contributed by atoms with van der Waals surface area (Å²) in [5, 5.41) is 0.490. The number of para-hydroxylation sites is 1. The molecule has 0 radical (unpaired) electrons. The van der Waals surface area contributed by atoms with E-state index in [0.717, 1.165) is 6.07 Å². The second-order valence-corrected chi connectivity index (χ2v) is 5.80. The predicted octanol–water partition coefficient (Wildman–Crippen LogP) is 5.08. The van der Waals surface area contributed by atoms with Crippen LogP contribution in [0.1, 0.15) is 12.8 Å². The van der Waals surface area contributed by atoms with Gasteiger partial charge in [-0.3, -0.25) is 9.59 Å². The minimum absolute atomic E-state index is 0.0264. The molecule has 24 heavy (non-hydrogen) atoms. The number of benzene rings is 2. The molecule has 126 valence electrons. The average molecular weight is 392 g/mol. The van der Waals surface area contributed by atoms with Crippen LogP contribution in [0.25, 0.3) is 0 Å². The van der Waals surface area contributed by atoms with Gasteiger partial charge in [-0.1, -0.05) is 46.9 Å². The molecule has 0 bridgehead atoms. The van der Waals surface area contributed by atoms with E-state index < -0.39 is 17.8 Å². The normalized spacial score (nSPS) is 10.3. The van der Waals surface area contributed by atoms with Crippen LogP contribution in [0.5, 0.6) is 11.5 Å². The first-order chi connectivity index (χ1) is 11.4. The van der Waals surface area contributed by atoms with Crippen molar-refractivity contribution in [3.8, 4) is 11.5 Å². The summed E-state index contributed by atoms with van der Waals surface area (Å²) in [6, 6.07) is 8.07. The van der Waals surface area contributed by atoms with E-state index >= 15 is 0 Å². The second kappa shape index (κ2) is 8.33. The molecule has 0 aliphatic rings. The molecule has 0 aliphatic carbocycles. The SMILES string of the molecule is O=C(CCC(=O)Oc1cc(Cl)c(Cl)cc1Cl)Oc1ccccc1F. The maximum Gasteiger partial charge on any atom is 0.311 e. The van der Waals surface area contributed by atoms with Crippen LogP contribution in [0.4, 0.5) is 4.39 Å². The lowest BCUT2D eigenvalue weighted by Gasteiger charge is -2.08. The van der Waals surface area contributed by atoms with Crippen molar-refractivity contribution in [2.75, 3.05) is 0 Å². The molecular weight excluding hydrogens is 382 g/mol. The fourth-order valence-electron chi connectivity index (χ4n) is 1.66. The Morgan fingerprint density at radius 2 is 1.38 bits per heavy atom. The van der Waals surface area contributed by atoms with Gasteiger partial charge < -0.3 is 9.47 Å². The fourth-order valence-corrected chi connectivity index (χ4v) is 2.24. The molecule has 2 aromatic carbocycles. The molecule has 0 saturated heterocycles. The van der Waals surface area contributed by atoms with Crippen molar-refractivity contribution >= 4 is 46.7 Å². The lowest BCUT2D eigenvalue weighted by atomic mass is 10.3. The summed E-state index contributed by atoms with van der Waals surface area (Å²) in [7, 11) is 0. The van der Waals surface area contributed by atoms with Gasteiger partial charge in [0.05, 0.1) is 27.9 Å². The Morgan fingerprint density at radius 3 is 2.00 bits per heavy atom. The maximum atomic E-state index is 13.3. The number of carbonyl (C=O) groups excluding carboxylic acids is 2. The number of esters is 2. The lowest BCUT2D eigenvalue weighted by Crippen LogP contribution is -2.14. The van der Waals surface area contributed by atoms with E-state index in [0.29, 0.717) is 0 Å². The summed E-state index contributed by atoms with van der Waals surface area (Å²) in [6.45, 7) is 0. The summed E-state index contributed by atoms with van der Waals surface area (Å²) >= 11 is 17.5. The lowest BCUT2D eigenvalue weighted by molar-refractivity contribution is -0.140. The number of hydrogen-bond donors (Lipinski definition) is 0. The van der Waals surface area contributed by atoms with Crippen molar-refractivity contribution in [2.45, 2.75) is 12.8 Å². The van der Waals surface area contributed by atoms with Crippen molar-refractivity contribution in [1.29, 1.82) is 0 Å². The molecule has 8 heteroatoms. The average Bonchev–Trinajstić information content (AvgIpc) is 2.53. The zero-order valence-corrected chi connectivity index (χ0v) is 14.3. The van der Waals surface area contributed by atoms with Crippen LogP contribution in [0.2, 0.25) is 15.1 Å². The molecule has 2 rings (SSSR count). The molecule has 4 nitrogen and oxygen atoms in total. The molecule has 0 amide bonds. The molecule has 0 aromatic heterocycles. The Kier molecular flexibility index (Phi) is 6.43. The molecule has 0 atom stereocenters. The third kappa shape index (κ3) is 5.09. The van der Waals surface area contributed by atoms with Crippen molar-refractivity contribution < 1.29 is 23.5 Å². The standard InChI is InChI=1S/C16H10Cl3FO4/c17-9-7-11(19)14(8-10(9)18)24-16(22)6-5-15(21)23-13-4-2-1-3-12(13)20/h1-4,7-8H,5-6H2. The van der Waals surface area contributed by atoms with Crippen molar-refractivity contribution in [3.05, 3.63) is 57.3 Å². The quantitative estimate of drug-likeness (QED) is 0.405. The number of halogens is 4. The van der Waals surface area contributed by atoms with Crippen LogP contribution >= 0.6 is 34.8 Å². The van der Waals surface area contributed by atoms with E-state index in [1.54, 1.807) is 0 Å². The van der Waals surface area contributed by atoms with E-state index in [4.69, 9.17) is 44.3 Å². The number of rotatable bonds is 5. The molecule has 0 aliphatic heterocycles. The first kappa shape index (κ1) is 18.5. The number of hydrogen-bond acceptors (Lipinski definition) is 4. The molecular formula is C16H10Cl3FO4. The van der Waals surface area contributed by atoms with Gasteiger partial charge in [0.2, 0.25) is 0 Å². The zero-order chi connectivity index (χ0) is 17.7. The van der Waals surface area contributed by atoms with Crippen molar-refractivity contribution in [2.24, 2.45) is 0 Å². The van der Waals surface area contributed by atoms with Gasteiger partial charge in [0, 0.05) is 6.07 Å². The van der Waals surface area contributed by atoms with Crippen LogP contribution in [0, 0.1) is 5.82 Å². The molecule has 0 spiro atoms. The van der Waals surface area contributed by atoms with Crippen molar-refractivity contribution in [3.63, 3.8) is 0 Å². The van der Waals surface area contributed by atoms with Crippen LogP contribution in [-0.4, -0.2) is 11.9 Å². The topological polar surface area (TPSA) is 52.6 Å². The summed E-state index contributed by atoms with van der Waals surface area (Å²) in [4.78, 5) is 23.4.